The Balaban J connectivity index is 1.97. The summed E-state index contributed by atoms with van der Waals surface area (Å²) in [7, 11) is 2.43. The summed E-state index contributed by atoms with van der Waals surface area (Å²) < 4.78 is 9.55. The fourth-order valence-electron chi connectivity index (χ4n) is 5.44. The van der Waals surface area contributed by atoms with Crippen LogP contribution in [-0.2, 0) is 37.6 Å². The van der Waals surface area contributed by atoms with Gasteiger partial charge in [-0.05, 0) is 54.4 Å². The van der Waals surface area contributed by atoms with Gasteiger partial charge in [-0.2, -0.15) is 4.80 Å². The summed E-state index contributed by atoms with van der Waals surface area (Å²) in [6.45, 7) is 16.7. The minimum atomic E-state index is -1.24. The predicted octanol–water partition coefficient (Wildman–Crippen LogP) is 3.56. The molecule has 4 amide bonds. The summed E-state index contributed by atoms with van der Waals surface area (Å²) in [5.74, 6) is -0.613. The van der Waals surface area contributed by atoms with Crippen LogP contribution < -0.4 is 21.4 Å². The Hall–Kier alpha value is -5.09. The van der Waals surface area contributed by atoms with Gasteiger partial charge in [0.25, 0.3) is 5.91 Å². The lowest BCUT2D eigenvalue weighted by Crippen LogP contribution is -2.60. The van der Waals surface area contributed by atoms with Crippen LogP contribution in [0.3, 0.4) is 0 Å². The van der Waals surface area contributed by atoms with Crippen molar-refractivity contribution in [3.8, 4) is 11.4 Å². The summed E-state index contributed by atoms with van der Waals surface area (Å²) in [5.41, 5.74) is 3.46. The zero-order valence-corrected chi connectivity index (χ0v) is 33.3. The summed E-state index contributed by atoms with van der Waals surface area (Å²) >= 11 is 0. The molecular formula is C38H57N9O7. The number of carbonyl (C=O) groups is 4. The van der Waals surface area contributed by atoms with E-state index in [1.165, 1.54) is 19.2 Å². The number of hydrazine groups is 1. The molecular weight excluding hydrogens is 694 g/mol. The van der Waals surface area contributed by atoms with Gasteiger partial charge in [-0.25, -0.2) is 14.6 Å². The largest absolute Gasteiger partial charge is 0.453 e. The van der Waals surface area contributed by atoms with Crippen LogP contribution in [0.4, 0.5) is 9.59 Å². The number of nitrogens with one attached hydrogen (secondary N) is 4. The van der Waals surface area contributed by atoms with Crippen molar-refractivity contribution in [3.63, 3.8) is 0 Å². The lowest BCUT2D eigenvalue weighted by Gasteiger charge is -2.35. The maximum atomic E-state index is 13.9. The van der Waals surface area contributed by atoms with Crippen LogP contribution >= 0.6 is 0 Å². The number of carbonyl (C=O) groups excluding carboxylic acids is 4. The van der Waals surface area contributed by atoms with E-state index in [0.717, 1.165) is 16.7 Å². The average Bonchev–Trinajstić information content (AvgIpc) is 3.60. The van der Waals surface area contributed by atoms with Crippen molar-refractivity contribution >= 4 is 24.0 Å². The van der Waals surface area contributed by atoms with Crippen molar-refractivity contribution in [1.82, 2.24) is 46.6 Å². The summed E-state index contributed by atoms with van der Waals surface area (Å²) in [4.78, 5) is 53.7. The fourth-order valence-corrected chi connectivity index (χ4v) is 5.44. The molecule has 0 aliphatic carbocycles. The van der Waals surface area contributed by atoms with E-state index >= 15 is 0 Å². The number of ether oxygens (including phenoxy) is 2. The molecule has 0 fully saturated rings. The quantitative estimate of drug-likeness (QED) is 0.151. The van der Waals surface area contributed by atoms with E-state index < -0.39 is 59.1 Å². The highest BCUT2D eigenvalue weighted by molar-refractivity contribution is 5.87. The number of aliphatic hydroxyl groups is 1. The molecule has 0 radical (unpaired) electrons. The molecule has 54 heavy (non-hydrogen) atoms. The molecule has 0 spiro atoms. The second-order valence-corrected chi connectivity index (χ2v) is 16.4. The van der Waals surface area contributed by atoms with E-state index in [9.17, 15) is 24.3 Å². The van der Waals surface area contributed by atoms with Gasteiger partial charge in [0.15, 0.2) is 0 Å². The molecule has 2 aromatic carbocycles. The first-order valence-electron chi connectivity index (χ1n) is 17.8. The Morgan fingerprint density at radius 3 is 1.78 bits per heavy atom. The number of benzene rings is 2. The van der Waals surface area contributed by atoms with Gasteiger partial charge in [-0.1, -0.05) is 96.1 Å². The molecule has 0 aliphatic rings. The average molecular weight is 752 g/mol. The molecule has 0 unspecified atom stereocenters. The maximum Gasteiger partial charge on any atom is 0.407 e. The molecule has 296 valence electrons. The van der Waals surface area contributed by atoms with Crippen LogP contribution in [0.2, 0.25) is 0 Å². The van der Waals surface area contributed by atoms with E-state index in [1.54, 1.807) is 46.3 Å². The number of amides is 4. The van der Waals surface area contributed by atoms with Gasteiger partial charge in [-0.3, -0.25) is 15.0 Å². The molecule has 3 aromatic rings. The van der Waals surface area contributed by atoms with Crippen molar-refractivity contribution in [2.24, 2.45) is 10.8 Å². The first kappa shape index (κ1) is 43.3. The molecule has 4 atom stereocenters. The minimum Gasteiger partial charge on any atom is -0.453 e. The highest BCUT2D eigenvalue weighted by atomic mass is 16.5. The van der Waals surface area contributed by atoms with Gasteiger partial charge in [0.2, 0.25) is 11.7 Å². The van der Waals surface area contributed by atoms with Crippen LogP contribution in [0.25, 0.3) is 11.4 Å². The van der Waals surface area contributed by atoms with Crippen molar-refractivity contribution in [1.29, 1.82) is 0 Å². The van der Waals surface area contributed by atoms with Gasteiger partial charge in [0, 0.05) is 18.7 Å². The van der Waals surface area contributed by atoms with E-state index in [0.29, 0.717) is 5.82 Å². The Morgan fingerprint density at radius 1 is 0.759 bits per heavy atom. The third-order valence-electron chi connectivity index (χ3n) is 8.52. The number of alkyl carbamates (subject to hydrolysis) is 2. The van der Waals surface area contributed by atoms with Crippen molar-refractivity contribution in [2.75, 3.05) is 20.8 Å². The Labute approximate surface area is 317 Å². The Morgan fingerprint density at radius 2 is 1.30 bits per heavy atom. The Bertz CT molecular complexity index is 1690. The van der Waals surface area contributed by atoms with E-state index in [4.69, 9.17) is 9.47 Å². The van der Waals surface area contributed by atoms with Gasteiger partial charge in [0.1, 0.15) is 12.1 Å². The number of methoxy groups -OCH3 is 2. The third-order valence-corrected chi connectivity index (χ3v) is 8.52. The molecule has 0 aliphatic heterocycles. The van der Waals surface area contributed by atoms with Crippen LogP contribution in [0.15, 0.2) is 54.6 Å². The number of tetrazole rings is 1. The number of nitrogens with zero attached hydrogens (tertiary/aromatic N) is 5. The van der Waals surface area contributed by atoms with E-state index in [2.05, 4.69) is 36.8 Å². The lowest BCUT2D eigenvalue weighted by molar-refractivity contribution is -0.132. The zero-order valence-electron chi connectivity index (χ0n) is 33.3. The predicted molar refractivity (Wildman–Crippen MR) is 202 cm³/mol. The minimum absolute atomic E-state index is 0.126. The molecule has 3 rings (SSSR count). The van der Waals surface area contributed by atoms with Crippen LogP contribution in [0.5, 0.6) is 0 Å². The Kier molecular flexibility index (Phi) is 14.7. The van der Waals surface area contributed by atoms with Crippen molar-refractivity contribution in [2.45, 2.75) is 105 Å². The maximum absolute atomic E-state index is 13.9. The SMILES string of the molecule is COC(=O)N[C@H](C(=O)N[C@@H](Cc1ccccc1)[C@@H](O)CN(Cc1ccc(-c2nnn(C(C)(C)C)n2)cc1)NC(=O)[C@@H](NC(=O)OC)C(C)(C)C)C(C)(C)C. The lowest BCUT2D eigenvalue weighted by atomic mass is 9.85. The summed E-state index contributed by atoms with van der Waals surface area (Å²) in [5, 5.41) is 34.5. The highest BCUT2D eigenvalue weighted by Gasteiger charge is 2.37. The van der Waals surface area contributed by atoms with Crippen molar-refractivity contribution < 1.29 is 33.8 Å². The monoisotopic (exact) mass is 751 g/mol. The molecule has 1 aromatic heterocycles. The zero-order chi connectivity index (χ0) is 40.4. The van der Waals surface area contributed by atoms with E-state index in [1.807, 2.05) is 75.4 Å². The normalized spacial score (nSPS) is 14.3. The fraction of sp³-hybridized carbons (Fsp3) is 0.553. The van der Waals surface area contributed by atoms with Gasteiger partial charge < -0.3 is 30.5 Å². The third kappa shape index (κ3) is 12.8. The number of rotatable bonds is 14. The first-order chi connectivity index (χ1) is 25.1. The molecule has 0 saturated carbocycles. The standard InChI is InChI=1S/C38H57N9O7/c1-36(2,3)29(40-34(51)53-10)32(49)39-27(21-24-15-13-12-14-16-24)28(48)23-46(44-33(50)30(37(4,5)6)41-35(52)54-11)22-25-17-19-26(20-18-25)31-42-45-47(43-31)38(7,8)9/h12-20,27-30,48H,21-23H2,1-11H3,(H,39,49)(H,40,51)(H,41,52)(H,44,50)/t27-,28-,29+,30+/m0/s1. The first-order valence-corrected chi connectivity index (χ1v) is 17.8. The summed E-state index contributed by atoms with van der Waals surface area (Å²) in [6, 6.07) is 13.8. The second kappa shape index (κ2) is 18.3. The van der Waals surface area contributed by atoms with Crippen LogP contribution in [-0.4, -0.2) is 99.3 Å². The number of hydrogen-bond donors (Lipinski definition) is 5. The van der Waals surface area contributed by atoms with Crippen LogP contribution in [0, 0.1) is 10.8 Å². The molecule has 0 saturated heterocycles. The molecule has 16 nitrogen and oxygen atoms in total. The highest BCUT2D eigenvalue weighted by Crippen LogP contribution is 2.23. The molecule has 1 heterocycles. The van der Waals surface area contributed by atoms with Crippen LogP contribution in [0.1, 0.15) is 73.4 Å². The number of hydrogen-bond acceptors (Lipinski definition) is 11. The van der Waals surface area contributed by atoms with Gasteiger partial charge in [0.05, 0.1) is 31.9 Å². The number of aliphatic hydroxyl groups excluding tert-OH is 1. The summed E-state index contributed by atoms with van der Waals surface area (Å²) in [6.07, 6.45) is -2.56. The molecule has 0 bridgehead atoms. The number of aromatic nitrogens is 4. The van der Waals surface area contributed by atoms with Gasteiger partial charge in [-0.15, -0.1) is 10.2 Å². The molecule has 5 N–H and O–H groups in total. The molecule has 16 heteroatoms. The van der Waals surface area contributed by atoms with Gasteiger partial charge >= 0.3 is 12.2 Å². The topological polar surface area (TPSA) is 202 Å². The van der Waals surface area contributed by atoms with Crippen molar-refractivity contribution in [3.05, 3.63) is 65.7 Å². The van der Waals surface area contributed by atoms with E-state index in [-0.39, 0.29) is 25.0 Å². The second-order valence-electron chi connectivity index (χ2n) is 16.4. The smallest absolute Gasteiger partial charge is 0.407 e.